The summed E-state index contributed by atoms with van der Waals surface area (Å²) < 4.78 is 29.3. The molecule has 19 heavy (non-hydrogen) atoms. The van der Waals surface area contributed by atoms with E-state index in [2.05, 4.69) is 10.3 Å². The van der Waals surface area contributed by atoms with Gasteiger partial charge in [0.25, 0.3) is 6.43 Å². The van der Waals surface area contributed by atoms with E-state index in [9.17, 15) is 8.78 Å². The van der Waals surface area contributed by atoms with Gasteiger partial charge in [-0.05, 0) is 24.3 Å². The molecule has 0 aliphatic rings. The van der Waals surface area contributed by atoms with Crippen LogP contribution in [0.4, 0.5) is 14.5 Å². The largest absolute Gasteiger partial charge is 0.488 e. The molecule has 1 aromatic carbocycles. The van der Waals surface area contributed by atoms with E-state index < -0.39 is 13.0 Å². The smallest absolute Gasteiger partial charge is 0.272 e. The van der Waals surface area contributed by atoms with Gasteiger partial charge in [0.1, 0.15) is 12.4 Å². The molecule has 0 fully saturated rings. The van der Waals surface area contributed by atoms with Crippen LogP contribution in [-0.4, -0.2) is 18.0 Å². The van der Waals surface area contributed by atoms with Gasteiger partial charge in [-0.1, -0.05) is 11.6 Å². The van der Waals surface area contributed by atoms with Gasteiger partial charge in [-0.25, -0.2) is 13.8 Å². The van der Waals surface area contributed by atoms with Crippen molar-refractivity contribution in [2.24, 2.45) is 0 Å². The first kappa shape index (κ1) is 14.0. The number of alkyl halides is 2. The Morgan fingerprint density at radius 1 is 1.32 bits per heavy atom. The molecule has 1 heterocycles. The van der Waals surface area contributed by atoms with Gasteiger partial charge in [0.2, 0.25) is 0 Å². The summed E-state index contributed by atoms with van der Waals surface area (Å²) in [7, 11) is 0. The molecule has 102 valence electrons. The maximum absolute atomic E-state index is 12.0. The summed E-state index contributed by atoms with van der Waals surface area (Å²) in [6.07, 6.45) is -0.756. The third kappa shape index (κ3) is 4.65. The Morgan fingerprint density at radius 3 is 2.63 bits per heavy atom. The van der Waals surface area contributed by atoms with Gasteiger partial charge in [-0.2, -0.15) is 0 Å². The number of benzene rings is 1. The molecule has 0 bridgehead atoms. The summed E-state index contributed by atoms with van der Waals surface area (Å²) in [6.45, 7) is 0.0216. The van der Waals surface area contributed by atoms with Gasteiger partial charge in [0, 0.05) is 16.8 Å². The van der Waals surface area contributed by atoms with Gasteiger partial charge in [0.05, 0.1) is 6.54 Å². The van der Waals surface area contributed by atoms with Crippen LogP contribution in [0.25, 0.3) is 0 Å². The molecular formula is C12H11ClF2N2OS. The minimum atomic E-state index is -2.46. The van der Waals surface area contributed by atoms with Crippen molar-refractivity contribution in [3.05, 3.63) is 39.8 Å². The third-order valence-electron chi connectivity index (χ3n) is 2.22. The number of aromatic nitrogens is 1. The van der Waals surface area contributed by atoms with Gasteiger partial charge in [-0.3, -0.25) is 0 Å². The highest BCUT2D eigenvalue weighted by Gasteiger charge is 2.03. The Hall–Kier alpha value is -1.40. The molecule has 2 rings (SSSR count). The number of hydrogen-bond acceptors (Lipinski definition) is 4. The van der Waals surface area contributed by atoms with Crippen molar-refractivity contribution < 1.29 is 13.5 Å². The summed E-state index contributed by atoms with van der Waals surface area (Å²) in [5.41, 5.74) is 0.869. The monoisotopic (exact) mass is 304 g/mol. The number of thiazole rings is 1. The number of nitrogens with zero attached hydrogens (tertiary/aromatic N) is 1. The molecule has 0 amide bonds. The number of hydrogen-bond donors (Lipinski definition) is 1. The Labute approximate surface area is 118 Å². The maximum Gasteiger partial charge on any atom is 0.272 e. The van der Waals surface area contributed by atoms with Crippen molar-refractivity contribution in [2.45, 2.75) is 13.0 Å². The van der Waals surface area contributed by atoms with Crippen molar-refractivity contribution >= 4 is 28.6 Å². The van der Waals surface area contributed by atoms with Crippen LogP contribution >= 0.6 is 22.9 Å². The fourth-order valence-electron chi connectivity index (χ4n) is 1.38. The molecule has 3 nitrogen and oxygen atoms in total. The van der Waals surface area contributed by atoms with Crippen molar-refractivity contribution in [3.63, 3.8) is 0 Å². The van der Waals surface area contributed by atoms with Crippen LogP contribution in [-0.2, 0) is 6.54 Å². The Kier molecular flexibility index (Phi) is 4.93. The van der Waals surface area contributed by atoms with E-state index in [1.165, 1.54) is 11.3 Å². The van der Waals surface area contributed by atoms with Gasteiger partial charge in [-0.15, -0.1) is 11.3 Å². The second-order valence-electron chi connectivity index (χ2n) is 3.66. The predicted octanol–water partition coefficient (Wildman–Crippen LogP) is 4.05. The van der Waals surface area contributed by atoms with E-state index in [0.717, 1.165) is 10.6 Å². The molecule has 0 unspecified atom stereocenters. The predicted molar refractivity (Wildman–Crippen MR) is 72.4 cm³/mol. The zero-order chi connectivity index (χ0) is 13.7. The van der Waals surface area contributed by atoms with Crippen molar-refractivity contribution in [1.82, 2.24) is 4.98 Å². The number of anilines is 1. The van der Waals surface area contributed by atoms with Gasteiger partial charge < -0.3 is 10.1 Å². The lowest BCUT2D eigenvalue weighted by atomic mass is 10.3. The maximum atomic E-state index is 12.0. The van der Waals surface area contributed by atoms with E-state index >= 15 is 0 Å². The molecule has 0 atom stereocenters. The van der Waals surface area contributed by atoms with Gasteiger partial charge >= 0.3 is 0 Å². The van der Waals surface area contributed by atoms with Crippen LogP contribution in [0, 0.1) is 0 Å². The minimum Gasteiger partial charge on any atom is -0.488 e. The topological polar surface area (TPSA) is 34.1 Å². The van der Waals surface area contributed by atoms with Gasteiger partial charge in [0.15, 0.2) is 4.47 Å². The standard InChI is InChI=1S/C12H11ClF2N2OS/c13-12-17-6-10(19-12)5-16-8-1-3-9(4-2-8)18-7-11(14)15/h1-4,6,11,16H,5,7H2. The summed E-state index contributed by atoms with van der Waals surface area (Å²) in [4.78, 5) is 4.95. The van der Waals surface area contributed by atoms with Crippen molar-refractivity contribution in [2.75, 3.05) is 11.9 Å². The fourth-order valence-corrected chi connectivity index (χ4v) is 2.30. The molecule has 0 spiro atoms. The summed E-state index contributed by atoms with van der Waals surface area (Å²) in [5, 5.41) is 3.17. The van der Waals surface area contributed by atoms with Crippen molar-refractivity contribution in [1.29, 1.82) is 0 Å². The number of nitrogens with one attached hydrogen (secondary N) is 1. The van der Waals surface area contributed by atoms with E-state index in [0.29, 0.717) is 16.8 Å². The van der Waals surface area contributed by atoms with E-state index in [1.807, 2.05) is 0 Å². The third-order valence-corrected chi connectivity index (χ3v) is 3.34. The number of rotatable bonds is 6. The highest BCUT2D eigenvalue weighted by atomic mass is 35.5. The zero-order valence-electron chi connectivity index (χ0n) is 9.78. The van der Waals surface area contributed by atoms with Crippen LogP contribution < -0.4 is 10.1 Å². The van der Waals surface area contributed by atoms with Crippen LogP contribution in [0.1, 0.15) is 4.88 Å². The highest BCUT2D eigenvalue weighted by Crippen LogP contribution is 2.20. The lowest BCUT2D eigenvalue weighted by molar-refractivity contribution is 0.0819. The van der Waals surface area contributed by atoms with E-state index in [-0.39, 0.29) is 0 Å². The summed E-state index contributed by atoms with van der Waals surface area (Å²) in [6, 6.07) is 6.82. The van der Waals surface area contributed by atoms with Crippen molar-refractivity contribution in [3.8, 4) is 5.75 Å². The molecule has 0 aliphatic heterocycles. The lowest BCUT2D eigenvalue weighted by Crippen LogP contribution is -2.06. The summed E-state index contributed by atoms with van der Waals surface area (Å²) in [5.74, 6) is 0.423. The molecule has 1 N–H and O–H groups in total. The first-order valence-corrected chi connectivity index (χ1v) is 6.68. The van der Waals surface area contributed by atoms with E-state index in [1.54, 1.807) is 30.5 Å². The second-order valence-corrected chi connectivity index (χ2v) is 5.36. The molecule has 0 saturated carbocycles. The second kappa shape index (κ2) is 6.68. The van der Waals surface area contributed by atoms with Crippen LogP contribution in [0.3, 0.4) is 0 Å². The average Bonchev–Trinajstić information content (AvgIpc) is 2.81. The zero-order valence-corrected chi connectivity index (χ0v) is 11.3. The van der Waals surface area contributed by atoms with E-state index in [4.69, 9.17) is 16.3 Å². The molecular weight excluding hydrogens is 294 g/mol. The first-order valence-electron chi connectivity index (χ1n) is 5.48. The molecule has 2 aromatic rings. The highest BCUT2D eigenvalue weighted by molar-refractivity contribution is 7.15. The molecule has 1 aromatic heterocycles. The van der Waals surface area contributed by atoms with Crippen LogP contribution in [0.15, 0.2) is 30.5 Å². The molecule has 0 saturated heterocycles. The lowest BCUT2D eigenvalue weighted by Gasteiger charge is -2.07. The Bertz CT molecular complexity index is 519. The minimum absolute atomic E-state index is 0.423. The first-order chi connectivity index (χ1) is 9.13. The number of ether oxygens (including phenoxy) is 1. The SMILES string of the molecule is FC(F)COc1ccc(NCc2cnc(Cl)s2)cc1. The van der Waals surface area contributed by atoms with Crippen LogP contribution in [0.5, 0.6) is 5.75 Å². The fraction of sp³-hybridized carbons (Fsp3) is 0.250. The van der Waals surface area contributed by atoms with Crippen LogP contribution in [0.2, 0.25) is 4.47 Å². The molecule has 7 heteroatoms. The normalized spacial score (nSPS) is 10.7. The average molecular weight is 305 g/mol. The summed E-state index contributed by atoms with van der Waals surface area (Å²) >= 11 is 7.13. The number of halogens is 3. The molecule has 0 radical (unpaired) electrons. The molecule has 0 aliphatic carbocycles. The quantitative estimate of drug-likeness (QED) is 0.874. The Morgan fingerprint density at radius 2 is 2.05 bits per heavy atom. The Balaban J connectivity index is 1.84.